The molecule has 0 unspecified atom stereocenters. The lowest BCUT2D eigenvalue weighted by Crippen LogP contribution is -2.21. The van der Waals surface area contributed by atoms with Crippen molar-refractivity contribution in [1.82, 2.24) is 10.3 Å². The zero-order valence-electron chi connectivity index (χ0n) is 13.2. The summed E-state index contributed by atoms with van der Waals surface area (Å²) in [6.07, 6.45) is 1.52. The molecule has 1 amide bonds. The largest absolute Gasteiger partial charge is 0.494 e. The second-order valence-electron chi connectivity index (χ2n) is 4.89. The normalized spacial score (nSPS) is 11.4. The molecule has 1 aromatic heterocycles. The summed E-state index contributed by atoms with van der Waals surface area (Å²) in [4.78, 5) is 16.4. The Morgan fingerprint density at radius 2 is 2.22 bits per heavy atom. The summed E-state index contributed by atoms with van der Waals surface area (Å²) < 4.78 is 11.3. The molecule has 7 nitrogen and oxygen atoms in total. The van der Waals surface area contributed by atoms with Crippen molar-refractivity contribution in [2.75, 3.05) is 31.3 Å². The van der Waals surface area contributed by atoms with Crippen molar-refractivity contribution in [2.45, 2.75) is 6.92 Å². The first kappa shape index (κ1) is 15.0. The minimum atomic E-state index is -0.244. The molecule has 2 heterocycles. The Kier molecular flexibility index (Phi) is 3.92. The van der Waals surface area contributed by atoms with E-state index in [2.05, 4.69) is 20.9 Å². The number of nitrogens with zero attached hydrogens (tertiary/aromatic N) is 1. The Bertz CT molecular complexity index is 761. The molecule has 120 valence electrons. The summed E-state index contributed by atoms with van der Waals surface area (Å²) in [6.45, 7) is 2.65. The molecule has 7 heteroatoms. The van der Waals surface area contributed by atoms with E-state index in [0.29, 0.717) is 46.5 Å². The zero-order chi connectivity index (χ0) is 16.4. The van der Waals surface area contributed by atoms with Crippen molar-refractivity contribution >= 4 is 23.1 Å². The third-order valence-electron chi connectivity index (χ3n) is 3.52. The predicted octanol–water partition coefficient (Wildman–Crippen LogP) is 2.73. The van der Waals surface area contributed by atoms with Gasteiger partial charge in [-0.05, 0) is 19.1 Å². The van der Waals surface area contributed by atoms with E-state index in [4.69, 9.17) is 9.47 Å². The van der Waals surface area contributed by atoms with Crippen LogP contribution in [0.25, 0.3) is 0 Å². The average molecular weight is 314 g/mol. The predicted molar refractivity (Wildman–Crippen MR) is 88.1 cm³/mol. The number of rotatable bonds is 4. The summed E-state index contributed by atoms with van der Waals surface area (Å²) in [6, 6.07) is 5.50. The molecular weight excluding hydrogens is 296 g/mol. The van der Waals surface area contributed by atoms with Crippen LogP contribution >= 0.6 is 0 Å². The van der Waals surface area contributed by atoms with Crippen LogP contribution in [-0.4, -0.2) is 31.6 Å². The van der Waals surface area contributed by atoms with Crippen LogP contribution in [0.3, 0.4) is 0 Å². The number of pyridine rings is 1. The van der Waals surface area contributed by atoms with E-state index in [0.717, 1.165) is 0 Å². The minimum absolute atomic E-state index is 0.244. The second-order valence-corrected chi connectivity index (χ2v) is 4.89. The van der Waals surface area contributed by atoms with Crippen LogP contribution in [0.5, 0.6) is 17.2 Å². The minimum Gasteiger partial charge on any atom is -0.494 e. The van der Waals surface area contributed by atoms with Gasteiger partial charge in [-0.15, -0.1) is 0 Å². The molecule has 0 aliphatic carbocycles. The maximum absolute atomic E-state index is 12.1. The zero-order valence-corrected chi connectivity index (χ0v) is 13.2. The molecule has 0 saturated heterocycles. The molecule has 3 N–H and O–H groups in total. The quantitative estimate of drug-likeness (QED) is 0.686. The van der Waals surface area contributed by atoms with E-state index in [-0.39, 0.29) is 5.91 Å². The molecule has 0 bridgehead atoms. The highest BCUT2D eigenvalue weighted by atomic mass is 16.5. The number of methoxy groups -OCH3 is 1. The number of hydrogen-bond acceptors (Lipinski definition) is 6. The summed E-state index contributed by atoms with van der Waals surface area (Å²) >= 11 is 0. The van der Waals surface area contributed by atoms with Crippen LogP contribution in [0.15, 0.2) is 24.4 Å². The number of anilines is 3. The van der Waals surface area contributed by atoms with Gasteiger partial charge >= 0.3 is 0 Å². The van der Waals surface area contributed by atoms with E-state index in [1.807, 2.05) is 25.1 Å². The number of nitrogens with one attached hydrogen (secondary N) is 3. The fourth-order valence-electron chi connectivity index (χ4n) is 2.44. The highest BCUT2D eigenvalue weighted by molar-refractivity contribution is 6.03. The van der Waals surface area contributed by atoms with Gasteiger partial charge in [-0.3, -0.25) is 4.79 Å². The van der Waals surface area contributed by atoms with Gasteiger partial charge in [0, 0.05) is 19.8 Å². The molecule has 3 rings (SSSR count). The number of ether oxygens (including phenoxy) is 2. The maximum atomic E-state index is 12.1. The Morgan fingerprint density at radius 3 is 2.91 bits per heavy atom. The van der Waals surface area contributed by atoms with Crippen LogP contribution in [0.4, 0.5) is 17.2 Å². The number of para-hydroxylation sites is 1. The van der Waals surface area contributed by atoms with Gasteiger partial charge < -0.3 is 25.4 Å². The fourth-order valence-corrected chi connectivity index (χ4v) is 2.44. The molecule has 1 aromatic carbocycles. The SMILES string of the molecule is CCNc1ncc(C(=O)NC)c2c1Oc1cccc(OC)c1N2. The van der Waals surface area contributed by atoms with E-state index < -0.39 is 0 Å². The van der Waals surface area contributed by atoms with Crippen LogP contribution < -0.4 is 25.4 Å². The van der Waals surface area contributed by atoms with Crippen LogP contribution in [0.2, 0.25) is 0 Å². The molecule has 0 fully saturated rings. The molecule has 0 radical (unpaired) electrons. The Labute approximate surface area is 134 Å². The van der Waals surface area contributed by atoms with Gasteiger partial charge in [-0.2, -0.15) is 0 Å². The average Bonchev–Trinajstić information content (AvgIpc) is 2.59. The first-order valence-corrected chi connectivity index (χ1v) is 7.30. The highest BCUT2D eigenvalue weighted by Gasteiger charge is 2.27. The van der Waals surface area contributed by atoms with Gasteiger partial charge in [0.1, 0.15) is 17.1 Å². The topological polar surface area (TPSA) is 84.5 Å². The first-order valence-electron chi connectivity index (χ1n) is 7.30. The molecular formula is C16H18N4O3. The third-order valence-corrected chi connectivity index (χ3v) is 3.52. The molecule has 1 aliphatic heterocycles. The Morgan fingerprint density at radius 1 is 1.39 bits per heavy atom. The van der Waals surface area contributed by atoms with Gasteiger partial charge in [0.05, 0.1) is 12.7 Å². The van der Waals surface area contributed by atoms with Crippen molar-refractivity contribution in [2.24, 2.45) is 0 Å². The van der Waals surface area contributed by atoms with E-state index in [9.17, 15) is 4.79 Å². The Balaban J connectivity index is 2.16. The van der Waals surface area contributed by atoms with Crippen molar-refractivity contribution < 1.29 is 14.3 Å². The standard InChI is InChI=1S/C16H18N4O3/c1-4-18-15-14-12(9(8-19-15)16(21)17-2)20-13-10(22-3)6-5-7-11(13)23-14/h5-8,20H,4H2,1-3H3,(H,17,21)(H,18,19). The van der Waals surface area contributed by atoms with Gasteiger partial charge in [-0.1, -0.05) is 6.07 Å². The number of fused-ring (bicyclic) bond motifs is 2. The molecule has 0 saturated carbocycles. The maximum Gasteiger partial charge on any atom is 0.254 e. The molecule has 23 heavy (non-hydrogen) atoms. The number of carbonyl (C=O) groups is 1. The van der Waals surface area contributed by atoms with E-state index in [1.54, 1.807) is 14.2 Å². The summed E-state index contributed by atoms with van der Waals surface area (Å²) in [5.74, 6) is 2.08. The fraction of sp³-hybridized carbons (Fsp3) is 0.250. The lowest BCUT2D eigenvalue weighted by molar-refractivity contribution is 0.0963. The van der Waals surface area contributed by atoms with Gasteiger partial charge in [0.25, 0.3) is 5.91 Å². The first-order chi connectivity index (χ1) is 11.2. The summed E-state index contributed by atoms with van der Waals surface area (Å²) in [5.41, 5.74) is 1.65. The van der Waals surface area contributed by atoms with Crippen molar-refractivity contribution in [3.8, 4) is 17.2 Å². The number of carbonyl (C=O) groups excluding carboxylic acids is 1. The smallest absolute Gasteiger partial charge is 0.254 e. The van der Waals surface area contributed by atoms with E-state index in [1.165, 1.54) is 6.20 Å². The van der Waals surface area contributed by atoms with Crippen LogP contribution in [0.1, 0.15) is 17.3 Å². The summed E-state index contributed by atoms with van der Waals surface area (Å²) in [5, 5.41) is 9.00. The second kappa shape index (κ2) is 6.04. The van der Waals surface area contributed by atoms with Crippen molar-refractivity contribution in [3.05, 3.63) is 30.0 Å². The number of hydrogen-bond donors (Lipinski definition) is 3. The lowest BCUT2D eigenvalue weighted by atomic mass is 10.1. The monoisotopic (exact) mass is 314 g/mol. The highest BCUT2D eigenvalue weighted by Crippen LogP contribution is 2.49. The number of benzene rings is 1. The van der Waals surface area contributed by atoms with E-state index >= 15 is 0 Å². The third kappa shape index (κ3) is 2.50. The Hall–Kier alpha value is -2.96. The molecule has 1 aliphatic rings. The number of aromatic nitrogens is 1. The lowest BCUT2D eigenvalue weighted by Gasteiger charge is -2.26. The molecule has 2 aromatic rings. The number of amides is 1. The van der Waals surface area contributed by atoms with Gasteiger partial charge in [0.2, 0.25) is 0 Å². The summed E-state index contributed by atoms with van der Waals surface area (Å²) in [7, 11) is 3.16. The van der Waals surface area contributed by atoms with Crippen molar-refractivity contribution in [3.63, 3.8) is 0 Å². The van der Waals surface area contributed by atoms with Crippen LogP contribution in [-0.2, 0) is 0 Å². The van der Waals surface area contributed by atoms with Crippen molar-refractivity contribution in [1.29, 1.82) is 0 Å². The van der Waals surface area contributed by atoms with Crippen LogP contribution in [0, 0.1) is 0 Å². The molecule has 0 spiro atoms. The van der Waals surface area contributed by atoms with Gasteiger partial charge in [0.15, 0.2) is 17.3 Å². The van der Waals surface area contributed by atoms with Gasteiger partial charge in [-0.25, -0.2) is 4.98 Å². The molecule has 0 atom stereocenters.